The summed E-state index contributed by atoms with van der Waals surface area (Å²) in [7, 11) is 0. The monoisotopic (exact) mass is 380 g/mol. The molecule has 0 saturated heterocycles. The van der Waals surface area contributed by atoms with E-state index in [9.17, 15) is 5.11 Å². The topological polar surface area (TPSA) is 84.0 Å². The zero-order chi connectivity index (χ0) is 19.2. The van der Waals surface area contributed by atoms with Crippen LogP contribution in [0.5, 0.6) is 5.75 Å². The normalized spacial score (nSPS) is 11.8. The highest BCUT2D eigenvalue weighted by Gasteiger charge is 2.15. The van der Waals surface area contributed by atoms with Crippen molar-refractivity contribution < 1.29 is 9.84 Å². The van der Waals surface area contributed by atoms with E-state index in [0.717, 1.165) is 22.2 Å². The number of thioether (sulfide) groups is 1. The SMILES string of the molecule is Cc1ccccc1-n1c(C)nnc1SCC(O)COc1ccc(C#N)cc1. The molecule has 0 aliphatic carbocycles. The molecule has 6 nitrogen and oxygen atoms in total. The number of aliphatic hydroxyl groups is 1. The van der Waals surface area contributed by atoms with E-state index in [4.69, 9.17) is 10.00 Å². The molecular formula is C20H20N4O2S. The Hall–Kier alpha value is -2.82. The molecule has 0 bridgehead atoms. The van der Waals surface area contributed by atoms with Gasteiger partial charge in [0.2, 0.25) is 0 Å². The lowest BCUT2D eigenvalue weighted by Gasteiger charge is -2.14. The first-order valence-electron chi connectivity index (χ1n) is 8.50. The molecule has 1 aromatic heterocycles. The average molecular weight is 380 g/mol. The Kier molecular flexibility index (Phi) is 6.12. The van der Waals surface area contributed by atoms with Gasteiger partial charge in [0.25, 0.3) is 0 Å². The van der Waals surface area contributed by atoms with E-state index in [0.29, 0.717) is 17.1 Å². The predicted molar refractivity (Wildman–Crippen MR) is 104 cm³/mol. The van der Waals surface area contributed by atoms with E-state index >= 15 is 0 Å². The quantitative estimate of drug-likeness (QED) is 0.633. The number of nitriles is 1. The molecular weight excluding hydrogens is 360 g/mol. The van der Waals surface area contributed by atoms with Gasteiger partial charge in [0.15, 0.2) is 5.16 Å². The predicted octanol–water partition coefficient (Wildman–Crippen LogP) is 3.29. The summed E-state index contributed by atoms with van der Waals surface area (Å²) in [5, 5.41) is 28.2. The fourth-order valence-corrected chi connectivity index (χ4v) is 3.46. The molecule has 1 heterocycles. The van der Waals surface area contributed by atoms with Crippen molar-refractivity contribution in [2.45, 2.75) is 25.1 Å². The number of hydrogen-bond acceptors (Lipinski definition) is 6. The first-order valence-corrected chi connectivity index (χ1v) is 9.49. The van der Waals surface area contributed by atoms with Crippen molar-refractivity contribution in [1.82, 2.24) is 14.8 Å². The van der Waals surface area contributed by atoms with Gasteiger partial charge in [0.05, 0.1) is 23.4 Å². The van der Waals surface area contributed by atoms with Crippen molar-refractivity contribution in [1.29, 1.82) is 5.26 Å². The number of nitrogens with zero attached hydrogens (tertiary/aromatic N) is 4. The van der Waals surface area contributed by atoms with Crippen molar-refractivity contribution in [2.75, 3.05) is 12.4 Å². The minimum absolute atomic E-state index is 0.163. The molecule has 0 fully saturated rings. The van der Waals surface area contributed by atoms with E-state index in [1.165, 1.54) is 11.8 Å². The maximum absolute atomic E-state index is 10.2. The van der Waals surface area contributed by atoms with Crippen molar-refractivity contribution in [3.8, 4) is 17.5 Å². The second-order valence-electron chi connectivity index (χ2n) is 6.06. The molecule has 0 radical (unpaired) electrons. The molecule has 0 spiro atoms. The maximum Gasteiger partial charge on any atom is 0.195 e. The van der Waals surface area contributed by atoms with E-state index in [1.54, 1.807) is 24.3 Å². The Morgan fingerprint density at radius 2 is 1.89 bits per heavy atom. The van der Waals surface area contributed by atoms with Gasteiger partial charge in [-0.05, 0) is 49.7 Å². The largest absolute Gasteiger partial charge is 0.491 e. The van der Waals surface area contributed by atoms with E-state index in [2.05, 4.69) is 16.3 Å². The summed E-state index contributed by atoms with van der Waals surface area (Å²) < 4.78 is 7.57. The summed E-state index contributed by atoms with van der Waals surface area (Å²) >= 11 is 1.44. The molecule has 0 aliphatic rings. The Labute approximate surface area is 162 Å². The van der Waals surface area contributed by atoms with Gasteiger partial charge in [0, 0.05) is 5.75 Å². The van der Waals surface area contributed by atoms with Crippen molar-refractivity contribution in [3.63, 3.8) is 0 Å². The number of ether oxygens (including phenoxy) is 1. The van der Waals surface area contributed by atoms with Gasteiger partial charge in [-0.15, -0.1) is 10.2 Å². The van der Waals surface area contributed by atoms with E-state index in [1.807, 2.05) is 42.7 Å². The number of aryl methyl sites for hydroxylation is 2. The first-order chi connectivity index (χ1) is 13.1. The van der Waals surface area contributed by atoms with Gasteiger partial charge in [-0.25, -0.2) is 0 Å². The highest BCUT2D eigenvalue weighted by atomic mass is 32.2. The molecule has 1 atom stereocenters. The van der Waals surface area contributed by atoms with Gasteiger partial charge in [-0.3, -0.25) is 4.57 Å². The highest BCUT2D eigenvalue weighted by Crippen LogP contribution is 2.24. The molecule has 3 aromatic rings. The van der Waals surface area contributed by atoms with E-state index < -0.39 is 6.10 Å². The third-order valence-electron chi connectivity index (χ3n) is 3.98. The smallest absolute Gasteiger partial charge is 0.195 e. The Bertz CT molecular complexity index is 947. The van der Waals surface area contributed by atoms with Crippen LogP contribution in [0.15, 0.2) is 53.7 Å². The summed E-state index contributed by atoms with van der Waals surface area (Å²) in [6, 6.07) is 16.9. The van der Waals surface area contributed by atoms with Crippen molar-refractivity contribution in [3.05, 3.63) is 65.5 Å². The standard InChI is InChI=1S/C20H20N4O2S/c1-14-5-3-4-6-19(14)24-15(2)22-23-20(24)27-13-17(25)12-26-18-9-7-16(11-21)8-10-18/h3-10,17,25H,12-13H2,1-2H3. The van der Waals surface area contributed by atoms with Gasteiger partial charge in [0.1, 0.15) is 18.2 Å². The summed E-state index contributed by atoms with van der Waals surface area (Å²) in [6.07, 6.45) is -0.659. The molecule has 3 rings (SSSR count). The van der Waals surface area contributed by atoms with Crippen LogP contribution in [0.1, 0.15) is 17.0 Å². The Morgan fingerprint density at radius 1 is 1.15 bits per heavy atom. The van der Waals surface area contributed by atoms with Crippen LogP contribution in [0.4, 0.5) is 0 Å². The third-order valence-corrected chi connectivity index (χ3v) is 5.06. The van der Waals surface area contributed by atoms with Gasteiger partial charge < -0.3 is 9.84 Å². The molecule has 0 saturated carbocycles. The molecule has 1 N–H and O–H groups in total. The fourth-order valence-electron chi connectivity index (χ4n) is 2.57. The van der Waals surface area contributed by atoms with Crippen molar-refractivity contribution >= 4 is 11.8 Å². The Balaban J connectivity index is 1.60. The summed E-state index contributed by atoms with van der Waals surface area (Å²) in [4.78, 5) is 0. The van der Waals surface area contributed by atoms with Gasteiger partial charge in [-0.1, -0.05) is 30.0 Å². The summed E-state index contributed by atoms with van der Waals surface area (Å²) in [5.41, 5.74) is 2.74. The lowest BCUT2D eigenvalue weighted by Crippen LogP contribution is -2.20. The molecule has 1 unspecified atom stereocenters. The van der Waals surface area contributed by atoms with Crippen LogP contribution in [-0.4, -0.2) is 38.3 Å². The fraction of sp³-hybridized carbons (Fsp3) is 0.250. The minimum Gasteiger partial charge on any atom is -0.491 e. The number of rotatable bonds is 7. The lowest BCUT2D eigenvalue weighted by molar-refractivity contribution is 0.126. The minimum atomic E-state index is -0.659. The molecule has 27 heavy (non-hydrogen) atoms. The first kappa shape index (κ1) is 19.0. The molecule has 0 amide bonds. The number of hydrogen-bond donors (Lipinski definition) is 1. The molecule has 138 valence electrons. The van der Waals surface area contributed by atoms with Crippen LogP contribution in [0.3, 0.4) is 0 Å². The molecule has 7 heteroatoms. The summed E-state index contributed by atoms with van der Waals surface area (Å²) in [5.74, 6) is 1.85. The molecule has 0 aliphatic heterocycles. The zero-order valence-corrected chi connectivity index (χ0v) is 16.0. The van der Waals surface area contributed by atoms with Crippen molar-refractivity contribution in [2.24, 2.45) is 0 Å². The van der Waals surface area contributed by atoms with Crippen LogP contribution in [0.25, 0.3) is 5.69 Å². The van der Waals surface area contributed by atoms with Crippen LogP contribution in [0, 0.1) is 25.2 Å². The highest BCUT2D eigenvalue weighted by molar-refractivity contribution is 7.99. The second kappa shape index (κ2) is 8.71. The number of aromatic nitrogens is 3. The van der Waals surface area contributed by atoms with Gasteiger partial charge >= 0.3 is 0 Å². The zero-order valence-electron chi connectivity index (χ0n) is 15.2. The number of para-hydroxylation sites is 1. The molecule has 2 aromatic carbocycles. The summed E-state index contributed by atoms with van der Waals surface area (Å²) in [6.45, 7) is 4.12. The number of aliphatic hydroxyl groups excluding tert-OH is 1. The van der Waals surface area contributed by atoms with E-state index in [-0.39, 0.29) is 6.61 Å². The maximum atomic E-state index is 10.2. The second-order valence-corrected chi connectivity index (χ2v) is 7.05. The average Bonchev–Trinajstić information content (AvgIpc) is 3.06. The van der Waals surface area contributed by atoms with Crippen LogP contribution in [0.2, 0.25) is 0 Å². The lowest BCUT2D eigenvalue weighted by atomic mass is 10.2. The third kappa shape index (κ3) is 4.67. The van der Waals surface area contributed by atoms with Crippen LogP contribution >= 0.6 is 11.8 Å². The van der Waals surface area contributed by atoms with Crippen LogP contribution < -0.4 is 4.74 Å². The number of benzene rings is 2. The van der Waals surface area contributed by atoms with Gasteiger partial charge in [-0.2, -0.15) is 5.26 Å². The van der Waals surface area contributed by atoms with Crippen LogP contribution in [-0.2, 0) is 0 Å². The Morgan fingerprint density at radius 3 is 2.59 bits per heavy atom.